The summed E-state index contributed by atoms with van der Waals surface area (Å²) < 4.78 is 4.98. The summed E-state index contributed by atoms with van der Waals surface area (Å²) in [7, 11) is 1.41. The Bertz CT molecular complexity index is 732. The second-order valence-electron chi connectivity index (χ2n) is 4.34. The van der Waals surface area contributed by atoms with E-state index in [1.165, 1.54) is 25.5 Å². The Morgan fingerprint density at radius 2 is 2.14 bits per heavy atom. The van der Waals surface area contributed by atoms with E-state index in [0.29, 0.717) is 16.8 Å². The van der Waals surface area contributed by atoms with Crippen LogP contribution < -0.4 is 15.9 Å². The zero-order chi connectivity index (χ0) is 16.1. The van der Waals surface area contributed by atoms with E-state index in [4.69, 9.17) is 22.1 Å². The maximum Gasteiger partial charge on any atom is 0.273 e. The van der Waals surface area contributed by atoms with E-state index in [-0.39, 0.29) is 16.5 Å². The molecule has 0 saturated heterocycles. The number of hydrogen-bond donors (Lipinski definition) is 3. The van der Waals surface area contributed by atoms with Gasteiger partial charge in [-0.1, -0.05) is 23.7 Å². The number of ether oxygens (including phenoxy) is 1. The van der Waals surface area contributed by atoms with Crippen molar-refractivity contribution in [3.63, 3.8) is 0 Å². The number of para-hydroxylation sites is 1. The van der Waals surface area contributed by atoms with Crippen LogP contribution in [-0.2, 0) is 0 Å². The molecule has 4 N–H and O–H groups in total. The summed E-state index contributed by atoms with van der Waals surface area (Å²) in [6.07, 6.45) is 1.38. The minimum absolute atomic E-state index is 0.124. The van der Waals surface area contributed by atoms with Gasteiger partial charge in [-0.05, 0) is 29.8 Å². The van der Waals surface area contributed by atoms with Crippen LogP contribution in [0, 0.1) is 0 Å². The Hall–Kier alpha value is -2.73. The van der Waals surface area contributed by atoms with E-state index in [0.717, 1.165) is 0 Å². The van der Waals surface area contributed by atoms with Crippen LogP contribution in [0.4, 0.5) is 5.69 Å². The molecule has 7 heteroatoms. The lowest BCUT2D eigenvalue weighted by atomic mass is 10.2. The molecule has 2 aromatic rings. The number of halogens is 1. The molecule has 0 bridgehead atoms. The lowest BCUT2D eigenvalue weighted by Crippen LogP contribution is -2.19. The molecule has 1 amide bonds. The number of carbonyl (C=O) groups excluding carboxylic acids is 1. The summed E-state index contributed by atoms with van der Waals surface area (Å²) in [4.78, 5) is 11.9. The minimum atomic E-state index is -0.425. The molecular formula is C15H14ClN3O3. The fourth-order valence-corrected chi connectivity index (χ4v) is 1.97. The maximum absolute atomic E-state index is 11.9. The Morgan fingerprint density at radius 3 is 2.82 bits per heavy atom. The van der Waals surface area contributed by atoms with Crippen molar-refractivity contribution in [1.29, 1.82) is 0 Å². The molecule has 0 aliphatic heterocycles. The molecule has 0 atom stereocenters. The van der Waals surface area contributed by atoms with Crippen molar-refractivity contribution in [3.05, 3.63) is 52.5 Å². The number of benzene rings is 2. The number of carbonyl (C=O) groups is 1. The summed E-state index contributed by atoms with van der Waals surface area (Å²) in [5.41, 5.74) is 9.32. The molecule has 22 heavy (non-hydrogen) atoms. The number of anilines is 1. The molecule has 6 nitrogen and oxygen atoms in total. The number of nitrogens with one attached hydrogen (secondary N) is 1. The van der Waals surface area contributed by atoms with E-state index in [9.17, 15) is 9.90 Å². The van der Waals surface area contributed by atoms with Crippen LogP contribution in [0.15, 0.2) is 41.5 Å². The molecular weight excluding hydrogens is 306 g/mol. The fourth-order valence-electron chi connectivity index (χ4n) is 1.75. The molecule has 0 aromatic heterocycles. The van der Waals surface area contributed by atoms with Gasteiger partial charge in [-0.25, -0.2) is 5.43 Å². The van der Waals surface area contributed by atoms with Gasteiger partial charge < -0.3 is 15.6 Å². The van der Waals surface area contributed by atoms with Crippen molar-refractivity contribution < 1.29 is 14.6 Å². The van der Waals surface area contributed by atoms with Crippen LogP contribution in [0.3, 0.4) is 0 Å². The standard InChI is InChI=1S/C15H14ClN3O3/c1-22-13-7-9(6-11(16)14(13)20)8-18-19-15(21)10-4-2-3-5-12(10)17/h2-8,20H,17H2,1H3,(H,19,21)/b18-8-. The number of aromatic hydroxyl groups is 1. The fraction of sp³-hybridized carbons (Fsp3) is 0.0667. The van der Waals surface area contributed by atoms with Gasteiger partial charge in [0.05, 0.1) is 23.9 Å². The Balaban J connectivity index is 2.12. The number of rotatable bonds is 4. The van der Waals surface area contributed by atoms with Crippen LogP contribution >= 0.6 is 11.6 Å². The third kappa shape index (κ3) is 3.48. The summed E-state index contributed by atoms with van der Waals surface area (Å²) in [5.74, 6) is -0.360. The van der Waals surface area contributed by atoms with E-state index >= 15 is 0 Å². The molecule has 2 rings (SSSR count). The Kier molecular flexibility index (Phi) is 4.85. The number of phenols is 1. The minimum Gasteiger partial charge on any atom is -0.503 e. The second-order valence-corrected chi connectivity index (χ2v) is 4.75. The van der Waals surface area contributed by atoms with Crippen molar-refractivity contribution in [3.8, 4) is 11.5 Å². The molecule has 0 fully saturated rings. The third-order valence-corrected chi connectivity index (χ3v) is 3.14. The monoisotopic (exact) mass is 319 g/mol. The zero-order valence-corrected chi connectivity index (χ0v) is 12.5. The van der Waals surface area contributed by atoms with Crippen LogP contribution in [0.1, 0.15) is 15.9 Å². The molecule has 2 aromatic carbocycles. The lowest BCUT2D eigenvalue weighted by Gasteiger charge is -2.06. The second kappa shape index (κ2) is 6.82. The van der Waals surface area contributed by atoms with Gasteiger partial charge in [0.15, 0.2) is 11.5 Å². The molecule has 0 radical (unpaired) electrons. The van der Waals surface area contributed by atoms with Crippen LogP contribution in [0.2, 0.25) is 5.02 Å². The SMILES string of the molecule is COc1cc(/C=N\NC(=O)c2ccccc2N)cc(Cl)c1O. The Labute approximate surface area is 132 Å². The number of phenolic OH excluding ortho intramolecular Hbond substituents is 1. The largest absolute Gasteiger partial charge is 0.503 e. The molecule has 114 valence electrons. The number of nitrogen functional groups attached to an aromatic ring is 1. The van der Waals surface area contributed by atoms with E-state index in [2.05, 4.69) is 10.5 Å². The lowest BCUT2D eigenvalue weighted by molar-refractivity contribution is 0.0956. The van der Waals surface area contributed by atoms with Gasteiger partial charge in [-0.2, -0.15) is 5.10 Å². The predicted octanol–water partition coefficient (Wildman–Crippen LogP) is 2.40. The first-order valence-electron chi connectivity index (χ1n) is 6.27. The molecule has 0 heterocycles. The Morgan fingerprint density at radius 1 is 1.41 bits per heavy atom. The highest BCUT2D eigenvalue weighted by molar-refractivity contribution is 6.32. The molecule has 0 unspecified atom stereocenters. The first-order valence-corrected chi connectivity index (χ1v) is 6.65. The maximum atomic E-state index is 11.9. The molecule has 0 aliphatic carbocycles. The van der Waals surface area contributed by atoms with E-state index in [1.807, 2.05) is 0 Å². The summed E-state index contributed by atoms with van der Waals surface area (Å²) in [6, 6.07) is 9.70. The van der Waals surface area contributed by atoms with Crippen molar-refractivity contribution in [1.82, 2.24) is 5.43 Å². The van der Waals surface area contributed by atoms with E-state index in [1.54, 1.807) is 24.3 Å². The van der Waals surface area contributed by atoms with Crippen molar-refractivity contribution >= 4 is 29.4 Å². The van der Waals surface area contributed by atoms with Gasteiger partial charge in [0.1, 0.15) is 0 Å². The number of nitrogens with zero attached hydrogens (tertiary/aromatic N) is 1. The first kappa shape index (κ1) is 15.7. The van der Waals surface area contributed by atoms with Crippen LogP contribution in [0.25, 0.3) is 0 Å². The number of amides is 1. The normalized spacial score (nSPS) is 10.6. The molecule has 0 aliphatic rings. The van der Waals surface area contributed by atoms with E-state index < -0.39 is 5.91 Å². The first-order chi connectivity index (χ1) is 10.5. The highest BCUT2D eigenvalue weighted by atomic mass is 35.5. The van der Waals surface area contributed by atoms with Gasteiger partial charge in [0, 0.05) is 5.69 Å². The van der Waals surface area contributed by atoms with Crippen LogP contribution in [-0.4, -0.2) is 24.3 Å². The molecule has 0 spiro atoms. The quantitative estimate of drug-likeness (QED) is 0.458. The van der Waals surface area contributed by atoms with Gasteiger partial charge in [-0.15, -0.1) is 0 Å². The third-order valence-electron chi connectivity index (χ3n) is 2.86. The topological polar surface area (TPSA) is 96.9 Å². The average Bonchev–Trinajstić information content (AvgIpc) is 2.50. The molecule has 0 saturated carbocycles. The van der Waals surface area contributed by atoms with Gasteiger partial charge in [0.25, 0.3) is 5.91 Å². The van der Waals surface area contributed by atoms with Crippen molar-refractivity contribution in [2.45, 2.75) is 0 Å². The highest BCUT2D eigenvalue weighted by Crippen LogP contribution is 2.34. The van der Waals surface area contributed by atoms with Gasteiger partial charge >= 0.3 is 0 Å². The summed E-state index contributed by atoms with van der Waals surface area (Å²) in [6.45, 7) is 0. The predicted molar refractivity (Wildman–Crippen MR) is 85.6 cm³/mol. The number of methoxy groups -OCH3 is 1. The van der Waals surface area contributed by atoms with Crippen molar-refractivity contribution in [2.24, 2.45) is 5.10 Å². The van der Waals surface area contributed by atoms with Gasteiger partial charge in [0.2, 0.25) is 0 Å². The van der Waals surface area contributed by atoms with Crippen LogP contribution in [0.5, 0.6) is 11.5 Å². The number of hydrogen-bond acceptors (Lipinski definition) is 5. The summed E-state index contributed by atoms with van der Waals surface area (Å²) >= 11 is 5.86. The number of hydrazone groups is 1. The smallest absolute Gasteiger partial charge is 0.273 e. The zero-order valence-electron chi connectivity index (χ0n) is 11.7. The van der Waals surface area contributed by atoms with Crippen molar-refractivity contribution in [2.75, 3.05) is 12.8 Å². The number of nitrogens with two attached hydrogens (primary N) is 1. The average molecular weight is 320 g/mol. The summed E-state index contributed by atoms with van der Waals surface area (Å²) in [5, 5.41) is 13.6. The van der Waals surface area contributed by atoms with Gasteiger partial charge in [-0.3, -0.25) is 4.79 Å². The highest BCUT2D eigenvalue weighted by Gasteiger charge is 2.09.